The molecule has 1 atom stereocenters. The van der Waals surface area contributed by atoms with Crippen molar-refractivity contribution >= 4 is 23.2 Å². The maximum Gasteiger partial charge on any atom is 0.0570 e. The molecule has 0 heterocycles. The van der Waals surface area contributed by atoms with E-state index >= 15 is 0 Å². The number of alkyl halides is 2. The van der Waals surface area contributed by atoms with Crippen LogP contribution in [0.2, 0.25) is 0 Å². The zero-order valence-corrected chi connectivity index (χ0v) is 7.50. The van der Waals surface area contributed by atoms with Gasteiger partial charge in [0.05, 0.1) is 4.87 Å². The standard InChI is InChI=1S/C7H12Cl2/c1-6(8)4-5-7(2,3)9/h4-6H,1-3H3/b5-4+. The van der Waals surface area contributed by atoms with E-state index in [1.165, 1.54) is 0 Å². The van der Waals surface area contributed by atoms with Gasteiger partial charge in [-0.2, -0.15) is 0 Å². The highest BCUT2D eigenvalue weighted by molar-refractivity contribution is 6.25. The minimum atomic E-state index is -0.261. The molecule has 0 saturated heterocycles. The summed E-state index contributed by atoms with van der Waals surface area (Å²) in [5.74, 6) is 0. The predicted molar refractivity (Wildman–Crippen MR) is 44.4 cm³/mol. The fourth-order valence-electron chi connectivity index (χ4n) is 0.361. The average Bonchev–Trinajstić information content (AvgIpc) is 1.59. The Kier molecular flexibility index (Phi) is 3.60. The van der Waals surface area contributed by atoms with Gasteiger partial charge in [-0.05, 0) is 20.8 Å². The minimum Gasteiger partial charge on any atom is -0.119 e. The van der Waals surface area contributed by atoms with Gasteiger partial charge in [-0.25, -0.2) is 0 Å². The lowest BCUT2D eigenvalue weighted by molar-refractivity contribution is 0.876. The van der Waals surface area contributed by atoms with Crippen molar-refractivity contribution in [2.75, 3.05) is 0 Å². The van der Waals surface area contributed by atoms with Crippen molar-refractivity contribution in [1.29, 1.82) is 0 Å². The van der Waals surface area contributed by atoms with E-state index < -0.39 is 0 Å². The highest BCUT2D eigenvalue weighted by Crippen LogP contribution is 2.14. The van der Waals surface area contributed by atoms with E-state index in [0.717, 1.165) is 0 Å². The summed E-state index contributed by atoms with van der Waals surface area (Å²) < 4.78 is 0. The van der Waals surface area contributed by atoms with Crippen molar-refractivity contribution < 1.29 is 0 Å². The molecule has 2 heteroatoms. The van der Waals surface area contributed by atoms with Crippen molar-refractivity contribution in [3.05, 3.63) is 12.2 Å². The maximum absolute atomic E-state index is 5.83. The molecular weight excluding hydrogens is 155 g/mol. The first-order valence-electron chi connectivity index (χ1n) is 2.94. The maximum atomic E-state index is 5.83. The molecule has 0 rings (SSSR count). The third-order valence-electron chi connectivity index (χ3n) is 0.758. The summed E-state index contributed by atoms with van der Waals surface area (Å²) in [5, 5.41) is 0.0722. The number of rotatable bonds is 2. The van der Waals surface area contributed by atoms with Gasteiger partial charge in [-0.15, -0.1) is 23.2 Å². The van der Waals surface area contributed by atoms with Crippen LogP contribution in [-0.4, -0.2) is 10.3 Å². The van der Waals surface area contributed by atoms with Gasteiger partial charge in [0.25, 0.3) is 0 Å². The number of hydrogen-bond acceptors (Lipinski definition) is 0. The fourth-order valence-corrected chi connectivity index (χ4v) is 0.507. The highest BCUT2D eigenvalue weighted by Gasteiger charge is 2.06. The summed E-state index contributed by atoms with van der Waals surface area (Å²) in [5.41, 5.74) is 0. The molecule has 9 heavy (non-hydrogen) atoms. The van der Waals surface area contributed by atoms with Gasteiger partial charge in [-0.1, -0.05) is 12.2 Å². The van der Waals surface area contributed by atoms with E-state index in [9.17, 15) is 0 Å². The molecule has 54 valence electrons. The van der Waals surface area contributed by atoms with E-state index in [4.69, 9.17) is 23.2 Å². The molecule has 0 N–H and O–H groups in total. The molecule has 0 aromatic carbocycles. The van der Waals surface area contributed by atoms with Gasteiger partial charge in [0.1, 0.15) is 0 Å². The molecule has 0 aromatic heterocycles. The zero-order valence-electron chi connectivity index (χ0n) is 5.99. The van der Waals surface area contributed by atoms with Gasteiger partial charge in [0, 0.05) is 5.38 Å². The Bertz CT molecular complexity index is 98.0. The highest BCUT2D eigenvalue weighted by atomic mass is 35.5. The minimum absolute atomic E-state index is 0.0722. The van der Waals surface area contributed by atoms with Gasteiger partial charge in [-0.3, -0.25) is 0 Å². The Morgan fingerprint density at radius 3 is 2.00 bits per heavy atom. The van der Waals surface area contributed by atoms with Crippen molar-refractivity contribution in [2.24, 2.45) is 0 Å². The molecule has 0 aliphatic carbocycles. The lowest BCUT2D eigenvalue weighted by atomic mass is 10.2. The Balaban J connectivity index is 3.71. The van der Waals surface area contributed by atoms with Crippen LogP contribution in [0.1, 0.15) is 20.8 Å². The second kappa shape index (κ2) is 3.48. The number of hydrogen-bond donors (Lipinski definition) is 0. The van der Waals surface area contributed by atoms with E-state index in [-0.39, 0.29) is 10.3 Å². The molecule has 0 radical (unpaired) electrons. The van der Waals surface area contributed by atoms with Gasteiger partial charge >= 0.3 is 0 Å². The van der Waals surface area contributed by atoms with E-state index in [1.807, 2.05) is 32.9 Å². The topological polar surface area (TPSA) is 0 Å². The largest absolute Gasteiger partial charge is 0.119 e. The summed E-state index contributed by atoms with van der Waals surface area (Å²) in [4.78, 5) is -0.261. The van der Waals surface area contributed by atoms with E-state index in [0.29, 0.717) is 0 Å². The monoisotopic (exact) mass is 166 g/mol. The van der Waals surface area contributed by atoms with Crippen molar-refractivity contribution in [3.8, 4) is 0 Å². The Morgan fingerprint density at radius 1 is 1.44 bits per heavy atom. The smallest absolute Gasteiger partial charge is 0.0570 e. The van der Waals surface area contributed by atoms with Crippen LogP contribution in [0.4, 0.5) is 0 Å². The quantitative estimate of drug-likeness (QED) is 0.437. The fraction of sp³-hybridized carbons (Fsp3) is 0.714. The average molecular weight is 167 g/mol. The Hall–Kier alpha value is 0.320. The molecule has 0 aliphatic rings. The molecule has 0 amide bonds. The van der Waals surface area contributed by atoms with Gasteiger partial charge in [0.15, 0.2) is 0 Å². The summed E-state index contributed by atoms with van der Waals surface area (Å²) in [6.45, 7) is 5.75. The number of allylic oxidation sites excluding steroid dienone is 2. The molecule has 0 aliphatic heterocycles. The Morgan fingerprint density at radius 2 is 1.89 bits per heavy atom. The third kappa shape index (κ3) is 8.32. The third-order valence-corrected chi connectivity index (χ3v) is 1.03. The van der Waals surface area contributed by atoms with Crippen LogP contribution in [0.15, 0.2) is 12.2 Å². The second-order valence-corrected chi connectivity index (χ2v) is 4.26. The van der Waals surface area contributed by atoms with Crippen molar-refractivity contribution in [2.45, 2.75) is 31.0 Å². The summed E-state index contributed by atoms with van der Waals surface area (Å²) in [7, 11) is 0. The van der Waals surface area contributed by atoms with Crippen LogP contribution in [0.3, 0.4) is 0 Å². The first kappa shape index (κ1) is 9.32. The van der Waals surface area contributed by atoms with Crippen LogP contribution in [0.5, 0.6) is 0 Å². The van der Waals surface area contributed by atoms with E-state index in [1.54, 1.807) is 0 Å². The van der Waals surface area contributed by atoms with E-state index in [2.05, 4.69) is 0 Å². The molecule has 0 saturated carbocycles. The molecule has 0 bridgehead atoms. The van der Waals surface area contributed by atoms with Crippen LogP contribution < -0.4 is 0 Å². The lowest BCUT2D eigenvalue weighted by Gasteiger charge is -2.08. The molecule has 0 spiro atoms. The first-order chi connectivity index (χ1) is 3.92. The van der Waals surface area contributed by atoms with Crippen LogP contribution in [0, 0.1) is 0 Å². The summed E-state index contributed by atoms with van der Waals surface area (Å²) in [6, 6.07) is 0. The van der Waals surface area contributed by atoms with Crippen LogP contribution >= 0.6 is 23.2 Å². The lowest BCUT2D eigenvalue weighted by Crippen LogP contribution is -2.04. The van der Waals surface area contributed by atoms with Gasteiger partial charge < -0.3 is 0 Å². The molecule has 0 aromatic rings. The van der Waals surface area contributed by atoms with Crippen molar-refractivity contribution in [1.82, 2.24) is 0 Å². The second-order valence-electron chi connectivity index (χ2n) is 2.60. The van der Waals surface area contributed by atoms with Crippen LogP contribution in [0.25, 0.3) is 0 Å². The van der Waals surface area contributed by atoms with Gasteiger partial charge in [0.2, 0.25) is 0 Å². The molecule has 0 fully saturated rings. The Labute approximate surface area is 66.8 Å². The first-order valence-corrected chi connectivity index (χ1v) is 3.75. The van der Waals surface area contributed by atoms with Crippen molar-refractivity contribution in [3.63, 3.8) is 0 Å². The summed E-state index contributed by atoms with van der Waals surface area (Å²) >= 11 is 11.5. The molecular formula is C7H12Cl2. The SMILES string of the molecule is CC(Cl)/C=C/C(C)(C)Cl. The number of halogens is 2. The molecule has 1 unspecified atom stereocenters. The summed E-state index contributed by atoms with van der Waals surface area (Å²) in [6.07, 6.45) is 3.78. The van der Waals surface area contributed by atoms with Crippen LogP contribution in [-0.2, 0) is 0 Å². The predicted octanol–water partition coefficient (Wildman–Crippen LogP) is 3.19. The zero-order chi connectivity index (χ0) is 7.49. The normalized spacial score (nSPS) is 16.6. The molecule has 0 nitrogen and oxygen atoms in total.